The molecular formula is C23H27Cl2N3O2. The second-order valence-corrected chi connectivity index (χ2v) is 8.35. The molecule has 160 valence electrons. The van der Waals surface area contributed by atoms with Crippen molar-refractivity contribution in [2.24, 2.45) is 0 Å². The van der Waals surface area contributed by atoms with Gasteiger partial charge in [-0.25, -0.2) is 4.79 Å². The molecule has 1 unspecified atom stereocenters. The van der Waals surface area contributed by atoms with E-state index in [1.807, 2.05) is 19.1 Å². The number of anilines is 1. The second kappa shape index (κ2) is 10.7. The van der Waals surface area contributed by atoms with Gasteiger partial charge in [0, 0.05) is 24.5 Å². The van der Waals surface area contributed by atoms with Gasteiger partial charge in [0.15, 0.2) is 0 Å². The van der Waals surface area contributed by atoms with Crippen molar-refractivity contribution in [1.82, 2.24) is 10.2 Å². The Morgan fingerprint density at radius 1 is 1.13 bits per heavy atom. The highest BCUT2D eigenvalue weighted by atomic mass is 35.5. The lowest BCUT2D eigenvalue weighted by molar-refractivity contribution is -0.122. The summed E-state index contributed by atoms with van der Waals surface area (Å²) in [5, 5.41) is 6.83. The predicted octanol–water partition coefficient (Wildman–Crippen LogP) is 5.82. The minimum Gasteiger partial charge on any atom is -0.349 e. The molecule has 2 aromatic carbocycles. The summed E-state index contributed by atoms with van der Waals surface area (Å²) in [5.41, 5.74) is 3.01. The maximum Gasteiger partial charge on any atom is 0.321 e. The van der Waals surface area contributed by atoms with Gasteiger partial charge in [-0.05, 0) is 55.0 Å². The highest BCUT2D eigenvalue weighted by Crippen LogP contribution is 2.29. The van der Waals surface area contributed by atoms with Crippen molar-refractivity contribution in [3.63, 3.8) is 0 Å². The van der Waals surface area contributed by atoms with Crippen LogP contribution in [0.5, 0.6) is 0 Å². The van der Waals surface area contributed by atoms with Crippen molar-refractivity contribution >= 4 is 40.8 Å². The van der Waals surface area contributed by atoms with E-state index < -0.39 is 0 Å². The molecule has 0 bridgehead atoms. The number of urea groups is 1. The highest BCUT2D eigenvalue weighted by Gasteiger charge is 2.22. The normalized spacial score (nSPS) is 15.2. The zero-order chi connectivity index (χ0) is 21.5. The Morgan fingerprint density at radius 2 is 1.93 bits per heavy atom. The van der Waals surface area contributed by atoms with Crippen molar-refractivity contribution in [2.75, 3.05) is 18.4 Å². The summed E-state index contributed by atoms with van der Waals surface area (Å²) in [6, 6.07) is 13.0. The lowest BCUT2D eigenvalue weighted by Crippen LogP contribution is -2.39. The Labute approximate surface area is 187 Å². The Bertz CT molecular complexity index is 904. The first-order valence-electron chi connectivity index (χ1n) is 10.4. The van der Waals surface area contributed by atoms with E-state index in [2.05, 4.69) is 22.8 Å². The summed E-state index contributed by atoms with van der Waals surface area (Å²) in [7, 11) is 0. The molecule has 1 aliphatic rings. The highest BCUT2D eigenvalue weighted by molar-refractivity contribution is 6.36. The van der Waals surface area contributed by atoms with Crippen LogP contribution in [0.4, 0.5) is 10.5 Å². The average Bonchev–Trinajstić information content (AvgIpc) is 2.73. The van der Waals surface area contributed by atoms with Crippen molar-refractivity contribution in [3.05, 3.63) is 63.6 Å². The van der Waals surface area contributed by atoms with E-state index in [1.165, 1.54) is 11.1 Å². The average molecular weight is 448 g/mol. The standard InChI is InChI=1S/C23H27Cl2N3O2/c1-2-13-28(23(30)27-21-11-10-17(24)15-19(21)25)14-12-22(29)26-20-9-5-7-16-6-3-4-8-18(16)20/h3-4,6,8,10-11,15,20H,2,5,7,9,12-14H2,1H3,(H,26,29)(H,27,30). The van der Waals surface area contributed by atoms with Gasteiger partial charge in [0.2, 0.25) is 5.91 Å². The summed E-state index contributed by atoms with van der Waals surface area (Å²) >= 11 is 12.1. The summed E-state index contributed by atoms with van der Waals surface area (Å²) in [5.74, 6) is -0.0462. The third-order valence-corrected chi connectivity index (χ3v) is 5.81. The lowest BCUT2D eigenvalue weighted by Gasteiger charge is -2.27. The second-order valence-electron chi connectivity index (χ2n) is 7.50. The van der Waals surface area contributed by atoms with Crippen LogP contribution in [0.3, 0.4) is 0 Å². The minimum atomic E-state index is -0.281. The van der Waals surface area contributed by atoms with E-state index in [0.717, 1.165) is 25.7 Å². The van der Waals surface area contributed by atoms with Crippen LogP contribution >= 0.6 is 23.2 Å². The van der Waals surface area contributed by atoms with Gasteiger partial charge in [0.25, 0.3) is 0 Å². The van der Waals surface area contributed by atoms with Crippen LogP contribution in [0, 0.1) is 0 Å². The molecule has 0 saturated heterocycles. The van der Waals surface area contributed by atoms with Crippen LogP contribution < -0.4 is 10.6 Å². The molecule has 1 atom stereocenters. The van der Waals surface area contributed by atoms with Crippen LogP contribution in [0.1, 0.15) is 49.8 Å². The maximum absolute atomic E-state index is 12.7. The number of nitrogens with one attached hydrogen (secondary N) is 2. The molecule has 0 spiro atoms. The van der Waals surface area contributed by atoms with E-state index >= 15 is 0 Å². The van der Waals surface area contributed by atoms with Crippen LogP contribution in [0.25, 0.3) is 0 Å². The molecule has 0 heterocycles. The van der Waals surface area contributed by atoms with Gasteiger partial charge in [0.05, 0.1) is 16.8 Å². The summed E-state index contributed by atoms with van der Waals surface area (Å²) < 4.78 is 0. The van der Waals surface area contributed by atoms with Gasteiger partial charge < -0.3 is 15.5 Å². The molecular weight excluding hydrogens is 421 g/mol. The maximum atomic E-state index is 12.7. The number of fused-ring (bicyclic) bond motifs is 1. The molecule has 5 nitrogen and oxygen atoms in total. The summed E-state index contributed by atoms with van der Waals surface area (Å²) in [4.78, 5) is 26.9. The van der Waals surface area contributed by atoms with Crippen molar-refractivity contribution in [1.29, 1.82) is 0 Å². The number of nitrogens with zero attached hydrogens (tertiary/aromatic N) is 1. The molecule has 0 fully saturated rings. The van der Waals surface area contributed by atoms with Crippen molar-refractivity contribution < 1.29 is 9.59 Å². The van der Waals surface area contributed by atoms with E-state index in [0.29, 0.717) is 28.8 Å². The fraction of sp³-hybridized carbons (Fsp3) is 0.391. The van der Waals surface area contributed by atoms with Gasteiger partial charge >= 0.3 is 6.03 Å². The fourth-order valence-corrected chi connectivity index (χ4v) is 4.23. The molecule has 2 aromatic rings. The first kappa shape index (κ1) is 22.4. The third-order valence-electron chi connectivity index (χ3n) is 5.27. The molecule has 0 aromatic heterocycles. The van der Waals surface area contributed by atoms with Crippen LogP contribution in [-0.2, 0) is 11.2 Å². The van der Waals surface area contributed by atoms with E-state index in [1.54, 1.807) is 23.1 Å². The topological polar surface area (TPSA) is 61.4 Å². The number of benzene rings is 2. The molecule has 3 rings (SSSR count). The Hall–Kier alpha value is -2.24. The molecule has 0 radical (unpaired) electrons. The van der Waals surface area contributed by atoms with Gasteiger partial charge in [-0.3, -0.25) is 4.79 Å². The van der Waals surface area contributed by atoms with Gasteiger partial charge in [-0.1, -0.05) is 54.4 Å². The lowest BCUT2D eigenvalue weighted by atomic mass is 9.87. The molecule has 7 heteroatoms. The molecule has 0 aliphatic heterocycles. The zero-order valence-corrected chi connectivity index (χ0v) is 18.6. The smallest absolute Gasteiger partial charge is 0.321 e. The first-order chi connectivity index (χ1) is 14.5. The van der Waals surface area contributed by atoms with Gasteiger partial charge in [-0.15, -0.1) is 0 Å². The zero-order valence-electron chi connectivity index (χ0n) is 17.1. The minimum absolute atomic E-state index is 0.0452. The van der Waals surface area contributed by atoms with Crippen LogP contribution in [-0.4, -0.2) is 29.9 Å². The van der Waals surface area contributed by atoms with Gasteiger partial charge in [0.1, 0.15) is 0 Å². The Balaban J connectivity index is 1.56. The first-order valence-corrected chi connectivity index (χ1v) is 11.1. The van der Waals surface area contributed by atoms with Crippen molar-refractivity contribution in [3.8, 4) is 0 Å². The van der Waals surface area contributed by atoms with E-state index in [4.69, 9.17) is 23.2 Å². The third kappa shape index (κ3) is 5.89. The predicted molar refractivity (Wildman–Crippen MR) is 122 cm³/mol. The molecule has 3 amide bonds. The SMILES string of the molecule is CCCN(CCC(=O)NC1CCCc2ccccc21)C(=O)Nc1ccc(Cl)cc1Cl. The number of halogens is 2. The number of amides is 3. The monoisotopic (exact) mass is 447 g/mol. The van der Waals surface area contributed by atoms with Gasteiger partial charge in [-0.2, -0.15) is 0 Å². The molecule has 0 saturated carbocycles. The number of rotatable bonds is 7. The van der Waals surface area contributed by atoms with Crippen LogP contribution in [0.15, 0.2) is 42.5 Å². The number of hydrogen-bond donors (Lipinski definition) is 2. The summed E-state index contributed by atoms with van der Waals surface area (Å²) in [6.07, 6.45) is 4.10. The van der Waals surface area contributed by atoms with Crippen LogP contribution in [0.2, 0.25) is 10.0 Å². The molecule has 30 heavy (non-hydrogen) atoms. The summed E-state index contributed by atoms with van der Waals surface area (Å²) in [6.45, 7) is 2.89. The number of aryl methyl sites for hydroxylation is 1. The quantitative estimate of drug-likeness (QED) is 0.561. The number of hydrogen-bond acceptors (Lipinski definition) is 2. The van der Waals surface area contributed by atoms with E-state index in [-0.39, 0.29) is 24.4 Å². The fourth-order valence-electron chi connectivity index (χ4n) is 3.78. The number of carbonyl (C=O) groups is 2. The Kier molecular flexibility index (Phi) is 8.00. The molecule has 1 aliphatic carbocycles. The number of carbonyl (C=O) groups excluding carboxylic acids is 2. The van der Waals surface area contributed by atoms with Crippen molar-refractivity contribution in [2.45, 2.75) is 45.1 Å². The molecule has 2 N–H and O–H groups in total. The Morgan fingerprint density at radius 3 is 2.70 bits per heavy atom. The largest absolute Gasteiger partial charge is 0.349 e. The van der Waals surface area contributed by atoms with E-state index in [9.17, 15) is 9.59 Å².